The molecule has 114 valence electrons. The average Bonchev–Trinajstić information content (AvgIpc) is 2.46. The molecule has 1 saturated heterocycles. The highest BCUT2D eigenvalue weighted by atomic mass is 16.5. The van der Waals surface area contributed by atoms with Crippen molar-refractivity contribution in [3.8, 4) is 5.75 Å². The molecule has 3 nitrogen and oxygen atoms in total. The maximum absolute atomic E-state index is 12.2. The van der Waals surface area contributed by atoms with Crippen molar-refractivity contribution in [2.75, 3.05) is 6.54 Å². The summed E-state index contributed by atoms with van der Waals surface area (Å²) >= 11 is 0. The molecule has 0 amide bonds. The number of esters is 1. The van der Waals surface area contributed by atoms with Crippen LogP contribution < -0.4 is 10.1 Å². The summed E-state index contributed by atoms with van der Waals surface area (Å²) in [7, 11) is 0. The molecular formula is C18H25NO2. The molecule has 1 aromatic rings. The summed E-state index contributed by atoms with van der Waals surface area (Å²) in [6.45, 7) is 6.82. The average molecular weight is 287 g/mol. The van der Waals surface area contributed by atoms with E-state index in [2.05, 4.69) is 11.4 Å². The molecule has 21 heavy (non-hydrogen) atoms. The lowest BCUT2D eigenvalue weighted by Gasteiger charge is -2.38. The highest BCUT2D eigenvalue weighted by Crippen LogP contribution is 2.40. The lowest BCUT2D eigenvalue weighted by Crippen LogP contribution is -2.42. The summed E-state index contributed by atoms with van der Waals surface area (Å²) in [6.07, 6.45) is 4.60. The van der Waals surface area contributed by atoms with Crippen LogP contribution >= 0.6 is 0 Å². The van der Waals surface area contributed by atoms with Crippen LogP contribution in [0.2, 0.25) is 0 Å². The van der Waals surface area contributed by atoms with Crippen LogP contribution in [0.25, 0.3) is 0 Å². The minimum Gasteiger partial charge on any atom is -0.426 e. The summed E-state index contributed by atoms with van der Waals surface area (Å²) in [5.74, 6) is 1.20. The molecule has 0 radical (unpaired) electrons. The zero-order chi connectivity index (χ0) is 15.0. The van der Waals surface area contributed by atoms with Crippen LogP contribution in [0.1, 0.15) is 57.1 Å². The van der Waals surface area contributed by atoms with Crippen LogP contribution in [0.5, 0.6) is 5.75 Å². The number of carbonyl (C=O) groups excluding carboxylic acids is 1. The van der Waals surface area contributed by atoms with Gasteiger partial charge in [0, 0.05) is 6.04 Å². The predicted molar refractivity (Wildman–Crippen MR) is 83.6 cm³/mol. The Labute approximate surface area is 127 Å². The normalized spacial score (nSPS) is 24.9. The van der Waals surface area contributed by atoms with Crippen LogP contribution in [-0.4, -0.2) is 18.6 Å². The molecule has 2 aliphatic rings. The van der Waals surface area contributed by atoms with Gasteiger partial charge in [-0.15, -0.1) is 0 Å². The van der Waals surface area contributed by atoms with Crippen molar-refractivity contribution in [3.05, 3.63) is 29.3 Å². The van der Waals surface area contributed by atoms with Crippen LogP contribution in [0, 0.1) is 5.41 Å². The first-order valence-electron chi connectivity index (χ1n) is 8.04. The van der Waals surface area contributed by atoms with Gasteiger partial charge in [0.05, 0.1) is 5.41 Å². The van der Waals surface area contributed by atoms with Crippen molar-refractivity contribution in [1.29, 1.82) is 0 Å². The number of hydrogen-bond acceptors (Lipinski definition) is 3. The third kappa shape index (κ3) is 2.84. The summed E-state index contributed by atoms with van der Waals surface area (Å²) in [6, 6.07) is 6.79. The summed E-state index contributed by atoms with van der Waals surface area (Å²) < 4.78 is 5.70. The van der Waals surface area contributed by atoms with Crippen molar-refractivity contribution in [2.45, 2.75) is 58.4 Å². The number of carbonyl (C=O) groups is 1. The van der Waals surface area contributed by atoms with Gasteiger partial charge in [0.15, 0.2) is 0 Å². The first-order valence-corrected chi connectivity index (χ1v) is 8.04. The van der Waals surface area contributed by atoms with Gasteiger partial charge in [0.2, 0.25) is 0 Å². The van der Waals surface area contributed by atoms with Crippen LogP contribution in [0.4, 0.5) is 0 Å². The summed E-state index contributed by atoms with van der Waals surface area (Å²) in [5, 5.41) is 3.64. The van der Waals surface area contributed by atoms with Crippen LogP contribution in [0.3, 0.4) is 0 Å². The fraction of sp³-hybridized carbons (Fsp3) is 0.611. The number of rotatable bonds is 1. The van der Waals surface area contributed by atoms with E-state index in [1.54, 1.807) is 0 Å². The van der Waals surface area contributed by atoms with Crippen molar-refractivity contribution in [2.24, 2.45) is 5.41 Å². The number of nitrogens with one attached hydrogen (secondary N) is 1. The third-order valence-corrected chi connectivity index (χ3v) is 4.67. The largest absolute Gasteiger partial charge is 0.426 e. The Morgan fingerprint density at radius 2 is 2.10 bits per heavy atom. The van der Waals surface area contributed by atoms with Gasteiger partial charge < -0.3 is 10.1 Å². The molecule has 2 atom stereocenters. The molecule has 1 aromatic carbocycles. The van der Waals surface area contributed by atoms with Gasteiger partial charge in [-0.3, -0.25) is 4.79 Å². The fourth-order valence-corrected chi connectivity index (χ4v) is 3.47. The predicted octanol–water partition coefficient (Wildman–Crippen LogP) is 3.42. The summed E-state index contributed by atoms with van der Waals surface area (Å²) in [5.41, 5.74) is 2.17. The molecule has 1 N–H and O–H groups in total. The smallest absolute Gasteiger partial charge is 0.316 e. The molecule has 1 aliphatic carbocycles. The monoisotopic (exact) mass is 287 g/mol. The number of ether oxygens (including phenoxy) is 1. The second kappa shape index (κ2) is 5.45. The van der Waals surface area contributed by atoms with Crippen LogP contribution in [0.15, 0.2) is 18.2 Å². The van der Waals surface area contributed by atoms with E-state index in [-0.39, 0.29) is 5.97 Å². The Morgan fingerprint density at radius 3 is 2.86 bits per heavy atom. The van der Waals surface area contributed by atoms with E-state index >= 15 is 0 Å². The Hall–Kier alpha value is -1.35. The number of piperidine rings is 1. The van der Waals surface area contributed by atoms with Crippen molar-refractivity contribution in [1.82, 2.24) is 5.32 Å². The Bertz CT molecular complexity index is 545. The minimum atomic E-state index is -0.466. The highest BCUT2D eigenvalue weighted by molar-refractivity contribution is 5.78. The molecular weight excluding hydrogens is 262 g/mol. The number of fused-ring (bicyclic) bond motifs is 3. The molecule has 3 heteroatoms. The zero-order valence-electron chi connectivity index (χ0n) is 13.2. The van der Waals surface area contributed by atoms with Gasteiger partial charge in [-0.2, -0.15) is 0 Å². The molecule has 0 unspecified atom stereocenters. The molecule has 0 saturated carbocycles. The van der Waals surface area contributed by atoms with Gasteiger partial charge >= 0.3 is 5.97 Å². The maximum Gasteiger partial charge on any atom is 0.316 e. The maximum atomic E-state index is 12.2. The molecule has 3 rings (SSSR count). The Balaban J connectivity index is 1.90. The van der Waals surface area contributed by atoms with Gasteiger partial charge in [-0.1, -0.05) is 12.1 Å². The van der Waals surface area contributed by atoms with Crippen molar-refractivity contribution < 1.29 is 9.53 Å². The van der Waals surface area contributed by atoms with Gasteiger partial charge in [0.1, 0.15) is 5.75 Å². The highest BCUT2D eigenvalue weighted by Gasteiger charge is 2.33. The molecule has 1 aliphatic heterocycles. The second-order valence-corrected chi connectivity index (χ2v) is 7.31. The van der Waals surface area contributed by atoms with Crippen molar-refractivity contribution >= 4 is 5.97 Å². The number of benzene rings is 1. The van der Waals surface area contributed by atoms with E-state index in [1.165, 1.54) is 24.0 Å². The zero-order valence-corrected chi connectivity index (χ0v) is 13.2. The van der Waals surface area contributed by atoms with Crippen LogP contribution in [-0.2, 0) is 11.2 Å². The van der Waals surface area contributed by atoms with E-state index in [1.807, 2.05) is 32.9 Å². The SMILES string of the molecule is CC(C)(C)C(=O)Oc1cccc2c1CC[C@@H]1NCCC[C@@H]21. The van der Waals surface area contributed by atoms with E-state index in [9.17, 15) is 4.79 Å². The third-order valence-electron chi connectivity index (χ3n) is 4.67. The minimum absolute atomic E-state index is 0.153. The second-order valence-electron chi connectivity index (χ2n) is 7.31. The van der Waals surface area contributed by atoms with E-state index in [4.69, 9.17) is 4.74 Å². The standard InChI is InChI=1S/C18H25NO2/c1-18(2,3)17(20)21-16-8-4-6-12-13-7-5-11-19-15(13)10-9-14(12)16/h4,6,8,13,15,19H,5,7,9-11H2,1-3H3/t13-,15-/m0/s1. The molecule has 0 spiro atoms. The topological polar surface area (TPSA) is 38.3 Å². The van der Waals surface area contributed by atoms with Gasteiger partial charge in [-0.25, -0.2) is 0 Å². The fourth-order valence-electron chi connectivity index (χ4n) is 3.47. The lowest BCUT2D eigenvalue weighted by atomic mass is 9.75. The summed E-state index contributed by atoms with van der Waals surface area (Å²) in [4.78, 5) is 12.2. The molecule has 1 heterocycles. The first-order chi connectivity index (χ1) is 9.97. The lowest BCUT2D eigenvalue weighted by molar-refractivity contribution is -0.143. The molecule has 1 fully saturated rings. The Kier molecular flexibility index (Phi) is 3.78. The number of hydrogen-bond donors (Lipinski definition) is 1. The van der Waals surface area contributed by atoms with Crippen molar-refractivity contribution in [3.63, 3.8) is 0 Å². The van der Waals surface area contributed by atoms with Gasteiger partial charge in [-0.05, 0) is 76.1 Å². The van der Waals surface area contributed by atoms with E-state index in [0.717, 1.165) is 25.1 Å². The van der Waals surface area contributed by atoms with E-state index < -0.39 is 5.41 Å². The quantitative estimate of drug-likeness (QED) is 0.635. The Morgan fingerprint density at radius 1 is 1.29 bits per heavy atom. The molecule has 0 bridgehead atoms. The van der Waals surface area contributed by atoms with Gasteiger partial charge in [0.25, 0.3) is 0 Å². The first kappa shape index (κ1) is 14.6. The van der Waals surface area contributed by atoms with E-state index in [0.29, 0.717) is 12.0 Å². The molecule has 0 aromatic heterocycles.